The second-order valence-corrected chi connectivity index (χ2v) is 5.00. The van der Waals surface area contributed by atoms with Crippen molar-refractivity contribution in [2.45, 2.75) is 38.8 Å². The van der Waals surface area contributed by atoms with E-state index in [1.54, 1.807) is 7.11 Å². The largest absolute Gasteiger partial charge is 0.496 e. The van der Waals surface area contributed by atoms with Gasteiger partial charge >= 0.3 is 5.97 Å². The van der Waals surface area contributed by atoms with Gasteiger partial charge in [-0.1, -0.05) is 6.07 Å². The van der Waals surface area contributed by atoms with Crippen LogP contribution in [0.15, 0.2) is 12.1 Å². The van der Waals surface area contributed by atoms with Crippen molar-refractivity contribution in [1.29, 1.82) is 0 Å². The fourth-order valence-corrected chi connectivity index (χ4v) is 2.24. The molecule has 1 aromatic carbocycles. The average Bonchev–Trinajstić information content (AvgIpc) is 3.23. The van der Waals surface area contributed by atoms with E-state index >= 15 is 0 Å². The Kier molecular flexibility index (Phi) is 4.10. The van der Waals surface area contributed by atoms with E-state index in [4.69, 9.17) is 9.47 Å². The molecule has 19 heavy (non-hydrogen) atoms. The van der Waals surface area contributed by atoms with E-state index in [2.05, 4.69) is 5.32 Å². The third kappa shape index (κ3) is 2.89. The van der Waals surface area contributed by atoms with E-state index in [0.29, 0.717) is 6.04 Å². The third-order valence-electron chi connectivity index (χ3n) is 3.73. The van der Waals surface area contributed by atoms with Gasteiger partial charge in [0.25, 0.3) is 0 Å². The van der Waals surface area contributed by atoms with Gasteiger partial charge in [-0.2, -0.15) is 0 Å². The molecule has 1 aliphatic carbocycles. The number of rotatable bonds is 5. The first-order valence-corrected chi connectivity index (χ1v) is 6.56. The summed E-state index contributed by atoms with van der Waals surface area (Å²) in [7, 11) is 3.08. The van der Waals surface area contributed by atoms with E-state index in [1.807, 2.05) is 26.0 Å². The standard InChI is InChI=1S/C15H21NO3/c1-9-10(2)13(18-3)8-7-12(9)14(15(17)19-4)16-11-5-6-11/h7-8,11,14,16H,5-6H2,1-4H3. The zero-order chi connectivity index (χ0) is 14.0. The number of carbonyl (C=O) groups is 1. The van der Waals surface area contributed by atoms with E-state index in [1.165, 1.54) is 7.11 Å². The highest BCUT2D eigenvalue weighted by Crippen LogP contribution is 2.31. The number of ether oxygens (including phenoxy) is 2. The molecule has 0 radical (unpaired) electrons. The number of methoxy groups -OCH3 is 2. The van der Waals surface area contributed by atoms with Gasteiger partial charge < -0.3 is 9.47 Å². The lowest BCUT2D eigenvalue weighted by Gasteiger charge is -2.20. The molecule has 1 saturated carbocycles. The maximum absolute atomic E-state index is 12.0. The van der Waals surface area contributed by atoms with Crippen molar-refractivity contribution in [3.8, 4) is 5.75 Å². The topological polar surface area (TPSA) is 47.6 Å². The molecule has 0 amide bonds. The van der Waals surface area contributed by atoms with Crippen LogP contribution in [0.2, 0.25) is 0 Å². The summed E-state index contributed by atoms with van der Waals surface area (Å²) in [5.74, 6) is 0.607. The first-order chi connectivity index (χ1) is 9.08. The molecule has 4 heteroatoms. The van der Waals surface area contributed by atoms with Crippen LogP contribution in [-0.4, -0.2) is 26.2 Å². The molecule has 0 saturated heterocycles. The average molecular weight is 263 g/mol. The Morgan fingerprint density at radius 1 is 1.26 bits per heavy atom. The zero-order valence-electron chi connectivity index (χ0n) is 11.9. The summed E-state index contributed by atoms with van der Waals surface area (Å²) < 4.78 is 10.2. The molecule has 0 spiro atoms. The van der Waals surface area contributed by atoms with Crippen LogP contribution in [0.4, 0.5) is 0 Å². The first kappa shape index (κ1) is 13.9. The molecular formula is C15H21NO3. The molecule has 4 nitrogen and oxygen atoms in total. The third-order valence-corrected chi connectivity index (χ3v) is 3.73. The van der Waals surface area contributed by atoms with Gasteiger partial charge in [0.2, 0.25) is 0 Å². The number of esters is 1. The number of carbonyl (C=O) groups excluding carboxylic acids is 1. The van der Waals surface area contributed by atoms with Crippen molar-refractivity contribution in [2.75, 3.05) is 14.2 Å². The predicted molar refractivity (Wildman–Crippen MR) is 73.4 cm³/mol. The molecule has 1 aromatic rings. The van der Waals surface area contributed by atoms with E-state index in [-0.39, 0.29) is 12.0 Å². The van der Waals surface area contributed by atoms with Crippen LogP contribution in [0.25, 0.3) is 0 Å². The van der Waals surface area contributed by atoms with Gasteiger partial charge in [-0.25, -0.2) is 4.79 Å². The number of nitrogens with one attached hydrogen (secondary N) is 1. The molecule has 1 fully saturated rings. The van der Waals surface area contributed by atoms with Crippen molar-refractivity contribution >= 4 is 5.97 Å². The van der Waals surface area contributed by atoms with E-state index in [0.717, 1.165) is 35.3 Å². The molecular weight excluding hydrogens is 242 g/mol. The smallest absolute Gasteiger partial charge is 0.327 e. The van der Waals surface area contributed by atoms with Crippen LogP contribution >= 0.6 is 0 Å². The molecule has 0 heterocycles. The Morgan fingerprint density at radius 3 is 2.47 bits per heavy atom. The number of benzene rings is 1. The fourth-order valence-electron chi connectivity index (χ4n) is 2.24. The lowest BCUT2D eigenvalue weighted by molar-refractivity contribution is -0.143. The van der Waals surface area contributed by atoms with Gasteiger partial charge in [-0.15, -0.1) is 0 Å². The Balaban J connectivity index is 2.35. The zero-order valence-corrected chi connectivity index (χ0v) is 11.9. The van der Waals surface area contributed by atoms with Gasteiger partial charge in [0.1, 0.15) is 11.8 Å². The highest BCUT2D eigenvalue weighted by Gasteiger charge is 2.31. The molecule has 1 aliphatic rings. The molecule has 0 aromatic heterocycles. The quantitative estimate of drug-likeness (QED) is 0.828. The predicted octanol–water partition coefficient (Wildman–Crippen LogP) is 2.28. The van der Waals surface area contributed by atoms with Crippen LogP contribution in [0.3, 0.4) is 0 Å². The second-order valence-electron chi connectivity index (χ2n) is 5.00. The monoisotopic (exact) mass is 263 g/mol. The van der Waals surface area contributed by atoms with E-state index in [9.17, 15) is 4.79 Å². The molecule has 1 atom stereocenters. The highest BCUT2D eigenvalue weighted by molar-refractivity contribution is 5.78. The minimum absolute atomic E-state index is 0.237. The van der Waals surface area contributed by atoms with Crippen LogP contribution in [0.5, 0.6) is 5.75 Å². The SMILES string of the molecule is COC(=O)C(NC1CC1)c1ccc(OC)c(C)c1C. The Labute approximate surface area is 114 Å². The molecule has 1 unspecified atom stereocenters. The van der Waals surface area contributed by atoms with E-state index < -0.39 is 0 Å². The van der Waals surface area contributed by atoms with Crippen LogP contribution in [0.1, 0.15) is 35.6 Å². The van der Waals surface area contributed by atoms with Gasteiger partial charge in [-0.3, -0.25) is 5.32 Å². The first-order valence-electron chi connectivity index (χ1n) is 6.56. The summed E-state index contributed by atoms with van der Waals surface area (Å²) in [6.07, 6.45) is 2.25. The van der Waals surface area contributed by atoms with Gasteiger partial charge in [0.15, 0.2) is 0 Å². The minimum atomic E-state index is -0.387. The van der Waals surface area contributed by atoms with Crippen molar-refractivity contribution in [3.05, 3.63) is 28.8 Å². The number of hydrogen-bond donors (Lipinski definition) is 1. The second kappa shape index (κ2) is 5.61. The highest BCUT2D eigenvalue weighted by atomic mass is 16.5. The van der Waals surface area contributed by atoms with Crippen molar-refractivity contribution < 1.29 is 14.3 Å². The summed E-state index contributed by atoms with van der Waals surface area (Å²) in [6.45, 7) is 4.01. The van der Waals surface area contributed by atoms with Crippen LogP contribution in [-0.2, 0) is 9.53 Å². The normalized spacial score (nSPS) is 16.0. The van der Waals surface area contributed by atoms with Crippen molar-refractivity contribution in [1.82, 2.24) is 5.32 Å². The maximum atomic E-state index is 12.0. The summed E-state index contributed by atoms with van der Waals surface area (Å²) in [6, 6.07) is 3.90. The van der Waals surface area contributed by atoms with Gasteiger partial charge in [0.05, 0.1) is 14.2 Å². The fraction of sp³-hybridized carbons (Fsp3) is 0.533. The lowest BCUT2D eigenvalue weighted by Crippen LogP contribution is -2.31. The summed E-state index contributed by atoms with van der Waals surface area (Å²) in [5, 5.41) is 3.35. The van der Waals surface area contributed by atoms with Crippen LogP contribution < -0.4 is 10.1 Å². The Morgan fingerprint density at radius 2 is 1.95 bits per heavy atom. The van der Waals surface area contributed by atoms with Crippen molar-refractivity contribution in [3.63, 3.8) is 0 Å². The molecule has 0 bridgehead atoms. The maximum Gasteiger partial charge on any atom is 0.327 e. The van der Waals surface area contributed by atoms with Gasteiger partial charge in [0, 0.05) is 6.04 Å². The molecule has 104 valence electrons. The molecule has 2 rings (SSSR count). The molecule has 0 aliphatic heterocycles. The van der Waals surface area contributed by atoms with Crippen LogP contribution in [0, 0.1) is 13.8 Å². The summed E-state index contributed by atoms with van der Waals surface area (Å²) >= 11 is 0. The van der Waals surface area contributed by atoms with Crippen molar-refractivity contribution in [2.24, 2.45) is 0 Å². The summed E-state index contributed by atoms with van der Waals surface area (Å²) in [5.41, 5.74) is 3.10. The Bertz CT molecular complexity index is 481. The Hall–Kier alpha value is -1.55. The lowest BCUT2D eigenvalue weighted by atomic mass is 9.96. The number of hydrogen-bond acceptors (Lipinski definition) is 4. The molecule has 1 N–H and O–H groups in total. The van der Waals surface area contributed by atoms with Gasteiger partial charge in [-0.05, 0) is 49.4 Å². The summed E-state index contributed by atoms with van der Waals surface area (Å²) in [4.78, 5) is 12.0. The minimum Gasteiger partial charge on any atom is -0.496 e.